The van der Waals surface area contributed by atoms with Crippen LogP contribution in [0.4, 0.5) is 17.2 Å². The zero-order valence-corrected chi connectivity index (χ0v) is 43.9. The summed E-state index contributed by atoms with van der Waals surface area (Å²) in [6.45, 7) is 6.45. The highest BCUT2D eigenvalue weighted by Crippen LogP contribution is 2.38. The molecule has 2 aromatic carbocycles. The third-order valence-corrected chi connectivity index (χ3v) is 12.6. The predicted molar refractivity (Wildman–Crippen MR) is 286 cm³/mol. The smallest absolute Gasteiger partial charge is 0.325 e. The van der Waals surface area contributed by atoms with Gasteiger partial charge in [-0.2, -0.15) is 0 Å². The van der Waals surface area contributed by atoms with Gasteiger partial charge < -0.3 is 64.3 Å². The van der Waals surface area contributed by atoms with Crippen molar-refractivity contribution in [2.45, 2.75) is 51.0 Å². The molecule has 0 spiro atoms. The van der Waals surface area contributed by atoms with Crippen LogP contribution in [0.3, 0.4) is 0 Å². The van der Waals surface area contributed by atoms with Gasteiger partial charge in [0.15, 0.2) is 17.3 Å². The summed E-state index contributed by atoms with van der Waals surface area (Å²) in [5.41, 5.74) is 4.85. The summed E-state index contributed by atoms with van der Waals surface area (Å²) in [7, 11) is 5.06. The number of imide groups is 1. The van der Waals surface area contributed by atoms with Crippen molar-refractivity contribution in [1.82, 2.24) is 39.9 Å². The van der Waals surface area contributed by atoms with E-state index in [2.05, 4.69) is 43.1 Å². The van der Waals surface area contributed by atoms with Gasteiger partial charge in [0.1, 0.15) is 6.54 Å². The van der Waals surface area contributed by atoms with Crippen molar-refractivity contribution in [2.75, 3.05) is 90.1 Å². The third-order valence-electron chi connectivity index (χ3n) is 12.6. The van der Waals surface area contributed by atoms with Gasteiger partial charge in [0, 0.05) is 108 Å². The molecule has 7 amide bonds. The Bertz CT molecular complexity index is 2910. The number of esters is 1. The number of hydrogen-bond donors (Lipinski definition) is 5. The van der Waals surface area contributed by atoms with E-state index in [0.717, 1.165) is 34.6 Å². The topological polar surface area (TPSA) is 284 Å². The number of rotatable bonds is 30. The lowest BCUT2D eigenvalue weighted by Crippen LogP contribution is -2.35. The number of carbonyl (C=O) groups is 8. The second-order valence-electron chi connectivity index (χ2n) is 18.3. The molecule has 78 heavy (non-hydrogen) atoms. The highest BCUT2D eigenvalue weighted by atomic mass is 16.5. The molecule has 0 saturated carbocycles. The van der Waals surface area contributed by atoms with Gasteiger partial charge in [-0.25, -0.2) is 4.98 Å². The van der Waals surface area contributed by atoms with Crippen LogP contribution in [0.2, 0.25) is 0 Å². The van der Waals surface area contributed by atoms with E-state index >= 15 is 0 Å². The number of nitrogens with one attached hydrogen (secondary N) is 5. The van der Waals surface area contributed by atoms with E-state index in [1.54, 1.807) is 37.5 Å². The Balaban J connectivity index is 0.724. The van der Waals surface area contributed by atoms with Crippen molar-refractivity contribution in [3.63, 3.8) is 0 Å². The van der Waals surface area contributed by atoms with E-state index in [4.69, 9.17) is 23.7 Å². The lowest BCUT2D eigenvalue weighted by molar-refractivity contribution is -0.144. The van der Waals surface area contributed by atoms with Gasteiger partial charge in [0.05, 0.1) is 75.4 Å². The number of aryl methyl sites for hydroxylation is 2. The minimum absolute atomic E-state index is 0.00701. The number of carbonyl (C=O) groups excluding carboxylic acids is 8. The van der Waals surface area contributed by atoms with Crippen LogP contribution in [0.5, 0.6) is 11.5 Å². The van der Waals surface area contributed by atoms with Crippen LogP contribution in [-0.2, 0) is 57.1 Å². The molecule has 1 unspecified atom stereocenters. The molecular weight excluding hydrogens is 1010 g/mol. The van der Waals surface area contributed by atoms with E-state index in [0.29, 0.717) is 60.1 Å². The summed E-state index contributed by atoms with van der Waals surface area (Å²) in [6, 6.07) is 12.6. The number of imidazole rings is 1. The lowest BCUT2D eigenvalue weighted by atomic mass is 10.1. The second-order valence-corrected chi connectivity index (χ2v) is 18.3. The molecule has 414 valence electrons. The summed E-state index contributed by atoms with van der Waals surface area (Å²) in [4.78, 5) is 110. The number of benzene rings is 2. The molecule has 4 aromatic rings. The van der Waals surface area contributed by atoms with E-state index in [9.17, 15) is 38.4 Å². The van der Waals surface area contributed by atoms with Crippen molar-refractivity contribution >= 4 is 76.4 Å². The van der Waals surface area contributed by atoms with E-state index in [1.165, 1.54) is 23.8 Å². The average molecular weight is 1080 g/mol. The fraction of sp³-hybridized carbons (Fsp3) is 0.407. The number of hydrogen-bond acceptors (Lipinski definition) is 16. The Morgan fingerprint density at radius 1 is 0.744 bits per heavy atom. The fourth-order valence-electron chi connectivity index (χ4n) is 8.53. The van der Waals surface area contributed by atoms with Gasteiger partial charge in [0.25, 0.3) is 23.6 Å². The molecule has 1 fully saturated rings. The van der Waals surface area contributed by atoms with Gasteiger partial charge in [-0.05, 0) is 55.5 Å². The predicted octanol–water partition coefficient (Wildman–Crippen LogP) is 3.27. The SMILES string of the molecule is C=C(NCCCOC(=O)CNC(=O)CCOCCOCCNC(=O)CCN1C(=O)C=CC1=O)c1cc(-c2ccc(NC(=O)c3nc(NC(=O)CCCOc4cc5c(cc4OC)C(=O)N4CCCC4C=N5)cn3C)cc2)cn1C. The Morgan fingerprint density at radius 2 is 1.50 bits per heavy atom. The van der Waals surface area contributed by atoms with Crippen molar-refractivity contribution in [3.8, 4) is 22.6 Å². The van der Waals surface area contributed by atoms with Crippen LogP contribution in [0.15, 0.2) is 78.6 Å². The third kappa shape index (κ3) is 16.0. The average Bonchev–Trinajstić information content (AvgIpc) is 4.23. The number of fused-ring (bicyclic) bond motifs is 2. The summed E-state index contributed by atoms with van der Waals surface area (Å²) < 4.78 is 31.0. The van der Waals surface area contributed by atoms with Crippen LogP contribution in [0.1, 0.15) is 71.6 Å². The highest BCUT2D eigenvalue weighted by molar-refractivity contribution is 6.13. The molecule has 3 aliphatic rings. The first-order chi connectivity index (χ1) is 37.7. The summed E-state index contributed by atoms with van der Waals surface area (Å²) in [5.74, 6) is -1.83. The highest BCUT2D eigenvalue weighted by Gasteiger charge is 2.33. The monoisotopic (exact) mass is 1080 g/mol. The Hall–Kier alpha value is -8.64. The van der Waals surface area contributed by atoms with Crippen LogP contribution in [0, 0.1) is 0 Å². The van der Waals surface area contributed by atoms with Gasteiger partial charge in [-0.15, -0.1) is 0 Å². The molecule has 24 heteroatoms. The maximum Gasteiger partial charge on any atom is 0.325 e. The van der Waals surface area contributed by atoms with Crippen LogP contribution < -0.4 is 36.1 Å². The van der Waals surface area contributed by atoms with E-state index < -0.39 is 23.7 Å². The molecule has 5 heterocycles. The standard InChI is InChI=1S/C54H65N11O13/c1-35(55-18-7-23-78-51(71)32-58-47(67)17-24-75-26-27-76-25-19-56-46(66)16-21-65-49(69)14-15-50(65)70)42-28-37(33-62(42)2)36-10-12-38(13-11-36)59-53(72)52-61-45(34-63(52)3)60-48(68)9-6-22-77-44-30-41-40(29-43(44)74-4)54(73)64-20-5-8-39(64)31-57-41/h10-15,28-31,33-34,39,55H,1,5-9,16-27,32H2,2-4H3,(H,56,66)(H,58,67)(H,59,72)(H,60,68). The number of nitrogens with zero attached hydrogens (tertiary/aromatic N) is 6. The molecular formula is C54H65N11O13. The number of anilines is 2. The molecule has 24 nitrogen and oxygen atoms in total. The number of amides is 7. The molecule has 7 rings (SSSR count). The fourth-order valence-corrected chi connectivity index (χ4v) is 8.53. The van der Waals surface area contributed by atoms with E-state index in [-0.39, 0.29) is 120 Å². The maximum absolute atomic E-state index is 13.3. The quantitative estimate of drug-likeness (QED) is 0.0285. The van der Waals surface area contributed by atoms with Gasteiger partial charge in [0.2, 0.25) is 23.5 Å². The van der Waals surface area contributed by atoms with Gasteiger partial charge >= 0.3 is 5.97 Å². The van der Waals surface area contributed by atoms with E-state index in [1.807, 2.05) is 47.1 Å². The first-order valence-electron chi connectivity index (χ1n) is 25.6. The first kappa shape index (κ1) is 57.1. The minimum atomic E-state index is -0.573. The second kappa shape index (κ2) is 27.9. The Kier molecular flexibility index (Phi) is 20.4. The van der Waals surface area contributed by atoms with Crippen LogP contribution in [-0.4, -0.2) is 163 Å². The molecule has 2 aromatic heterocycles. The van der Waals surface area contributed by atoms with Gasteiger partial charge in [-0.1, -0.05) is 18.7 Å². The van der Waals surface area contributed by atoms with Crippen molar-refractivity contribution < 1.29 is 62.0 Å². The largest absolute Gasteiger partial charge is 0.493 e. The first-order valence-corrected chi connectivity index (χ1v) is 25.6. The van der Waals surface area contributed by atoms with Crippen molar-refractivity contribution in [3.05, 3.63) is 90.7 Å². The zero-order valence-electron chi connectivity index (χ0n) is 43.9. The minimum Gasteiger partial charge on any atom is -0.493 e. The lowest BCUT2D eigenvalue weighted by Gasteiger charge is -2.20. The molecule has 0 bridgehead atoms. The Labute approximate surface area is 450 Å². The maximum atomic E-state index is 13.3. The van der Waals surface area contributed by atoms with Crippen molar-refractivity contribution in [2.24, 2.45) is 19.1 Å². The molecule has 3 aliphatic heterocycles. The summed E-state index contributed by atoms with van der Waals surface area (Å²) >= 11 is 0. The van der Waals surface area contributed by atoms with Crippen LogP contribution >= 0.6 is 0 Å². The molecule has 1 saturated heterocycles. The number of ether oxygens (including phenoxy) is 5. The number of methoxy groups -OCH3 is 1. The summed E-state index contributed by atoms with van der Waals surface area (Å²) in [6.07, 6.45) is 10.5. The Morgan fingerprint density at radius 3 is 2.27 bits per heavy atom. The number of aromatic nitrogens is 3. The van der Waals surface area contributed by atoms with Gasteiger partial charge in [-0.3, -0.25) is 48.2 Å². The normalized spacial score (nSPS) is 14.4. The molecule has 5 N–H and O–H groups in total. The van der Waals surface area contributed by atoms with Crippen molar-refractivity contribution in [1.29, 1.82) is 0 Å². The molecule has 0 radical (unpaired) electrons. The van der Waals surface area contributed by atoms with Crippen LogP contribution in [0.25, 0.3) is 16.8 Å². The summed E-state index contributed by atoms with van der Waals surface area (Å²) in [5, 5.41) is 14.0. The molecule has 0 aliphatic carbocycles. The number of aliphatic imine (C=N–C) groups is 1. The molecule has 1 atom stereocenters. The zero-order chi connectivity index (χ0) is 55.6.